The number of amides is 1. The number of benzene rings is 1. The van der Waals surface area contributed by atoms with Crippen LogP contribution >= 0.6 is 0 Å². The molecule has 6 nitrogen and oxygen atoms in total. The van der Waals surface area contributed by atoms with Crippen molar-refractivity contribution < 1.29 is 17.9 Å². The molecule has 0 saturated carbocycles. The minimum Gasteiger partial charge on any atom is -0.497 e. The average Bonchev–Trinajstić information content (AvgIpc) is 2.59. The van der Waals surface area contributed by atoms with Gasteiger partial charge in [-0.25, -0.2) is 8.42 Å². The molecule has 0 radical (unpaired) electrons. The number of rotatable bonds is 6. The maximum Gasteiger partial charge on any atom is 0.241 e. The van der Waals surface area contributed by atoms with E-state index in [1.165, 1.54) is 19.2 Å². The standard InChI is InChI=1S/C18H28N2O4S/c1-13(2)17(18(21)20-11-5-6-14(3)12-20)19-25(22,23)16-9-7-15(24-4)8-10-16/h7-10,13-14,17,19H,5-6,11-12H2,1-4H3/t14?,17-/m0/s1. The number of sulfonamides is 1. The van der Waals surface area contributed by atoms with Crippen LogP contribution in [0.3, 0.4) is 0 Å². The lowest BCUT2D eigenvalue weighted by atomic mass is 9.97. The lowest BCUT2D eigenvalue weighted by molar-refractivity contribution is -0.135. The molecule has 1 aromatic carbocycles. The highest BCUT2D eigenvalue weighted by Crippen LogP contribution is 2.20. The fourth-order valence-corrected chi connectivity index (χ4v) is 4.39. The maximum absolute atomic E-state index is 12.9. The number of hydrogen-bond donors (Lipinski definition) is 1. The van der Waals surface area contributed by atoms with Crippen LogP contribution in [0.25, 0.3) is 0 Å². The number of likely N-dealkylation sites (tertiary alicyclic amines) is 1. The number of hydrogen-bond acceptors (Lipinski definition) is 4. The number of carbonyl (C=O) groups excluding carboxylic acids is 1. The summed E-state index contributed by atoms with van der Waals surface area (Å²) in [6, 6.07) is 5.37. The first-order chi connectivity index (χ1) is 11.7. The molecule has 1 aliphatic rings. The lowest BCUT2D eigenvalue weighted by Gasteiger charge is -2.34. The Labute approximate surface area is 150 Å². The van der Waals surface area contributed by atoms with Crippen molar-refractivity contribution in [1.82, 2.24) is 9.62 Å². The fraction of sp³-hybridized carbons (Fsp3) is 0.611. The minimum absolute atomic E-state index is 0.124. The van der Waals surface area contributed by atoms with Gasteiger partial charge in [-0.05, 0) is 48.9 Å². The number of nitrogens with zero attached hydrogens (tertiary/aromatic N) is 1. The van der Waals surface area contributed by atoms with E-state index in [0.29, 0.717) is 24.8 Å². The summed E-state index contributed by atoms with van der Waals surface area (Å²) in [6.07, 6.45) is 2.07. The summed E-state index contributed by atoms with van der Waals surface area (Å²) >= 11 is 0. The van der Waals surface area contributed by atoms with Crippen molar-refractivity contribution >= 4 is 15.9 Å². The Morgan fingerprint density at radius 1 is 1.28 bits per heavy atom. The van der Waals surface area contributed by atoms with Crippen LogP contribution in [0.2, 0.25) is 0 Å². The zero-order valence-electron chi connectivity index (χ0n) is 15.4. The Morgan fingerprint density at radius 3 is 2.44 bits per heavy atom. The van der Waals surface area contributed by atoms with Crippen molar-refractivity contribution in [2.75, 3.05) is 20.2 Å². The summed E-state index contributed by atoms with van der Waals surface area (Å²) in [7, 11) is -2.26. The number of methoxy groups -OCH3 is 1. The van der Waals surface area contributed by atoms with Gasteiger partial charge in [-0.1, -0.05) is 20.8 Å². The van der Waals surface area contributed by atoms with Crippen LogP contribution in [0.15, 0.2) is 29.2 Å². The van der Waals surface area contributed by atoms with Crippen LogP contribution < -0.4 is 9.46 Å². The predicted molar refractivity (Wildman–Crippen MR) is 96.9 cm³/mol. The number of carbonyl (C=O) groups is 1. The van der Waals surface area contributed by atoms with Gasteiger partial charge in [0.05, 0.1) is 12.0 Å². The first kappa shape index (κ1) is 19.7. The molecule has 140 valence electrons. The Morgan fingerprint density at radius 2 is 1.92 bits per heavy atom. The Bertz CT molecular complexity index is 686. The molecule has 2 atom stereocenters. The zero-order valence-corrected chi connectivity index (χ0v) is 16.2. The molecule has 1 heterocycles. The highest BCUT2D eigenvalue weighted by atomic mass is 32.2. The Kier molecular flexibility index (Phi) is 6.46. The van der Waals surface area contributed by atoms with Gasteiger partial charge < -0.3 is 9.64 Å². The van der Waals surface area contributed by atoms with Gasteiger partial charge in [0.25, 0.3) is 0 Å². The van der Waals surface area contributed by atoms with Crippen molar-refractivity contribution in [3.05, 3.63) is 24.3 Å². The third kappa shape index (κ3) is 4.95. The van der Waals surface area contributed by atoms with Crippen molar-refractivity contribution in [3.63, 3.8) is 0 Å². The van der Waals surface area contributed by atoms with E-state index in [1.54, 1.807) is 17.0 Å². The van der Waals surface area contributed by atoms with Gasteiger partial charge in [-0.2, -0.15) is 4.72 Å². The first-order valence-electron chi connectivity index (χ1n) is 8.69. The molecule has 1 N–H and O–H groups in total. The molecule has 0 aliphatic carbocycles. The number of ether oxygens (including phenoxy) is 1. The molecule has 0 spiro atoms. The van der Waals surface area contributed by atoms with Crippen LogP contribution in [-0.2, 0) is 14.8 Å². The van der Waals surface area contributed by atoms with Crippen LogP contribution in [0.1, 0.15) is 33.6 Å². The molecule has 1 saturated heterocycles. The van der Waals surface area contributed by atoms with Crippen LogP contribution in [0.5, 0.6) is 5.75 Å². The van der Waals surface area contributed by atoms with Crippen molar-refractivity contribution in [3.8, 4) is 5.75 Å². The summed E-state index contributed by atoms with van der Waals surface area (Å²) in [5.41, 5.74) is 0. The van der Waals surface area contributed by atoms with Crippen molar-refractivity contribution in [2.24, 2.45) is 11.8 Å². The second-order valence-electron chi connectivity index (χ2n) is 7.05. The van der Waals surface area contributed by atoms with Crippen LogP contribution in [0, 0.1) is 11.8 Å². The van der Waals surface area contributed by atoms with E-state index in [0.717, 1.165) is 12.8 Å². The first-order valence-corrected chi connectivity index (χ1v) is 10.2. The van der Waals surface area contributed by atoms with Crippen LogP contribution in [0.4, 0.5) is 0 Å². The predicted octanol–water partition coefficient (Wildman–Crippen LogP) is 2.26. The van der Waals surface area contributed by atoms with Gasteiger partial charge in [0.15, 0.2) is 0 Å². The van der Waals surface area contributed by atoms with Crippen LogP contribution in [-0.4, -0.2) is 45.5 Å². The van der Waals surface area contributed by atoms with E-state index in [9.17, 15) is 13.2 Å². The quantitative estimate of drug-likeness (QED) is 0.836. The summed E-state index contributed by atoms with van der Waals surface area (Å²) in [4.78, 5) is 14.8. The maximum atomic E-state index is 12.9. The third-order valence-electron chi connectivity index (χ3n) is 4.55. The molecule has 2 rings (SSSR count). The molecule has 25 heavy (non-hydrogen) atoms. The van der Waals surface area contributed by atoms with E-state index < -0.39 is 16.1 Å². The Hall–Kier alpha value is -1.60. The molecule has 1 aliphatic heterocycles. The normalized spacial score (nSPS) is 19.7. The second kappa shape index (κ2) is 8.19. The summed E-state index contributed by atoms with van der Waals surface area (Å²) in [6.45, 7) is 7.20. The molecule has 1 aromatic rings. The lowest BCUT2D eigenvalue weighted by Crippen LogP contribution is -2.53. The van der Waals surface area contributed by atoms with Gasteiger partial charge in [-0.3, -0.25) is 4.79 Å². The van der Waals surface area contributed by atoms with Gasteiger partial charge in [0, 0.05) is 13.1 Å². The molecule has 7 heteroatoms. The molecule has 0 aromatic heterocycles. The van der Waals surface area contributed by atoms with E-state index in [-0.39, 0.29) is 16.7 Å². The largest absolute Gasteiger partial charge is 0.497 e. The van der Waals surface area contributed by atoms with E-state index in [4.69, 9.17) is 4.74 Å². The monoisotopic (exact) mass is 368 g/mol. The molecule has 1 unspecified atom stereocenters. The third-order valence-corrected chi connectivity index (χ3v) is 6.01. The minimum atomic E-state index is -3.78. The molecular weight excluding hydrogens is 340 g/mol. The SMILES string of the molecule is COc1ccc(S(=O)(=O)N[C@H](C(=O)N2CCCC(C)C2)C(C)C)cc1. The van der Waals surface area contributed by atoms with E-state index in [1.807, 2.05) is 13.8 Å². The molecular formula is C18H28N2O4S. The summed E-state index contributed by atoms with van der Waals surface area (Å²) < 4.78 is 33.0. The molecule has 1 fully saturated rings. The zero-order chi connectivity index (χ0) is 18.6. The highest BCUT2D eigenvalue weighted by Gasteiger charge is 2.33. The smallest absolute Gasteiger partial charge is 0.241 e. The van der Waals surface area contributed by atoms with E-state index in [2.05, 4.69) is 11.6 Å². The molecule has 1 amide bonds. The van der Waals surface area contributed by atoms with Gasteiger partial charge in [0.1, 0.15) is 11.8 Å². The number of nitrogens with one attached hydrogen (secondary N) is 1. The average molecular weight is 368 g/mol. The second-order valence-corrected chi connectivity index (χ2v) is 8.76. The van der Waals surface area contributed by atoms with Gasteiger partial charge >= 0.3 is 0 Å². The van der Waals surface area contributed by atoms with Crippen molar-refractivity contribution in [2.45, 2.75) is 44.6 Å². The van der Waals surface area contributed by atoms with E-state index >= 15 is 0 Å². The van der Waals surface area contributed by atoms with Gasteiger partial charge in [-0.15, -0.1) is 0 Å². The number of piperidine rings is 1. The topological polar surface area (TPSA) is 75.7 Å². The van der Waals surface area contributed by atoms with Gasteiger partial charge in [0.2, 0.25) is 15.9 Å². The van der Waals surface area contributed by atoms with Crippen molar-refractivity contribution in [1.29, 1.82) is 0 Å². The summed E-state index contributed by atoms with van der Waals surface area (Å²) in [5, 5.41) is 0. The molecule has 0 bridgehead atoms. The summed E-state index contributed by atoms with van der Waals surface area (Å²) in [5.74, 6) is 0.748. The fourth-order valence-electron chi connectivity index (χ4n) is 3.05. The Balaban J connectivity index is 2.17. The highest BCUT2D eigenvalue weighted by molar-refractivity contribution is 7.89.